The van der Waals surface area contributed by atoms with Gasteiger partial charge in [-0.15, -0.1) is 0 Å². The largest absolute Gasteiger partial charge is 1.00 e. The average Bonchev–Trinajstić information content (AvgIpc) is 2.40. The van der Waals surface area contributed by atoms with E-state index >= 15 is 0 Å². The molecule has 7 heteroatoms. The second-order valence-electron chi connectivity index (χ2n) is 4.23. The Morgan fingerprint density at radius 1 is 1.06 bits per heavy atom. The molecule has 1 saturated carbocycles. The molecule has 1 saturated heterocycles. The summed E-state index contributed by atoms with van der Waals surface area (Å²) in [5.74, 6) is -1.46. The molecule has 2 fully saturated rings. The number of hydrogen-bond donors (Lipinski definition) is 2. The van der Waals surface area contributed by atoms with Crippen LogP contribution in [0, 0.1) is 0 Å². The van der Waals surface area contributed by atoms with Crippen molar-refractivity contribution in [1.82, 2.24) is 10.1 Å². The molecule has 2 rings (SSSR count). The molecule has 1 heterocycles. The summed E-state index contributed by atoms with van der Waals surface area (Å²) in [6.07, 6.45) is 2.96. The molecule has 6 nitrogen and oxygen atoms in total. The van der Waals surface area contributed by atoms with E-state index in [1.165, 1.54) is 0 Å². The quantitative estimate of drug-likeness (QED) is 0.466. The van der Waals surface area contributed by atoms with Gasteiger partial charge in [0.1, 0.15) is 6.17 Å². The van der Waals surface area contributed by atoms with E-state index in [4.69, 9.17) is 0 Å². The topological polar surface area (TPSA) is 87.1 Å². The minimum Gasteiger partial charge on any atom is -0.547 e. The van der Waals surface area contributed by atoms with E-state index in [9.17, 15) is 20.3 Å². The van der Waals surface area contributed by atoms with Crippen molar-refractivity contribution in [2.75, 3.05) is 0 Å². The van der Waals surface area contributed by atoms with E-state index in [0.717, 1.165) is 29.4 Å². The van der Waals surface area contributed by atoms with Gasteiger partial charge in [0.25, 0.3) is 0 Å². The molecule has 1 aliphatic carbocycles. The van der Waals surface area contributed by atoms with Crippen LogP contribution in [0.4, 0.5) is 0 Å². The maximum Gasteiger partial charge on any atom is 1.00 e. The van der Waals surface area contributed by atoms with Crippen molar-refractivity contribution >= 4 is 5.97 Å². The van der Waals surface area contributed by atoms with E-state index in [0.29, 0.717) is 12.8 Å². The maximum absolute atomic E-state index is 10.7. The molecule has 2 aliphatic rings. The summed E-state index contributed by atoms with van der Waals surface area (Å²) in [5.41, 5.74) is 0. The summed E-state index contributed by atoms with van der Waals surface area (Å²) >= 11 is 0. The monoisotopic (exact) mass is 254 g/mol. The molecule has 1 aliphatic heterocycles. The third-order valence-electron chi connectivity index (χ3n) is 3.34. The van der Waals surface area contributed by atoms with Crippen molar-refractivity contribution in [3.05, 3.63) is 0 Å². The van der Waals surface area contributed by atoms with Gasteiger partial charge in [-0.3, -0.25) is 0 Å². The summed E-state index contributed by atoms with van der Waals surface area (Å²) in [6.45, 7) is 0. The van der Waals surface area contributed by atoms with Gasteiger partial charge in [0.2, 0.25) is 0 Å². The summed E-state index contributed by atoms with van der Waals surface area (Å²) < 4.78 is 0. The Morgan fingerprint density at radius 3 is 1.88 bits per heavy atom. The van der Waals surface area contributed by atoms with E-state index < -0.39 is 12.1 Å². The normalized spacial score (nSPS) is 36.2. The first kappa shape index (κ1) is 15.0. The maximum atomic E-state index is 10.7. The predicted octanol–water partition coefficient (Wildman–Crippen LogP) is -3.84. The van der Waals surface area contributed by atoms with E-state index in [1.807, 2.05) is 0 Å². The van der Waals surface area contributed by atoms with Gasteiger partial charge in [0.15, 0.2) is 0 Å². The van der Waals surface area contributed by atoms with Gasteiger partial charge >= 0.3 is 51.4 Å². The Hall–Kier alpha value is 0.946. The van der Waals surface area contributed by atoms with Crippen LogP contribution in [0.15, 0.2) is 0 Å². The molecule has 0 aromatic carbocycles. The fraction of sp³-hybridized carbons (Fsp3) is 0.889. The van der Waals surface area contributed by atoms with Crippen LogP contribution >= 0.6 is 0 Å². The average molecular weight is 254 g/mol. The van der Waals surface area contributed by atoms with Crippen LogP contribution in [-0.4, -0.2) is 44.8 Å². The molecular weight excluding hydrogens is 239 g/mol. The zero-order chi connectivity index (χ0) is 11.0. The van der Waals surface area contributed by atoms with Crippen LogP contribution in [0.2, 0.25) is 0 Å². The number of carbonyl (C=O) groups excluding carboxylic acids is 1. The Labute approximate surface area is 137 Å². The Bertz CT molecular complexity index is 248. The molecule has 86 valence electrons. The molecule has 0 aromatic heterocycles. The number of carboxylic acids is 1. The zero-order valence-electron chi connectivity index (χ0n) is 9.37. The number of fused-ring (bicyclic) bond motifs is 1. The second-order valence-corrected chi connectivity index (χ2v) is 4.23. The number of aliphatic carboxylic acids is 1. The molecule has 2 unspecified atom stereocenters. The van der Waals surface area contributed by atoms with Gasteiger partial charge < -0.3 is 20.3 Å². The first-order valence-corrected chi connectivity index (χ1v) is 5.28. The van der Waals surface area contributed by atoms with Crippen LogP contribution in [0.1, 0.15) is 32.1 Å². The molecule has 0 amide bonds. The van der Waals surface area contributed by atoms with Gasteiger partial charge in [-0.1, -0.05) is 19.3 Å². The number of rotatable bonds is 1. The van der Waals surface area contributed by atoms with Gasteiger partial charge in [-0.05, 0) is 12.8 Å². The summed E-state index contributed by atoms with van der Waals surface area (Å²) in [4.78, 5) is 10.7. The van der Waals surface area contributed by atoms with Crippen molar-refractivity contribution in [2.45, 2.75) is 50.4 Å². The van der Waals surface area contributed by atoms with Gasteiger partial charge in [-0.25, -0.2) is 0 Å². The van der Waals surface area contributed by atoms with Crippen molar-refractivity contribution in [3.63, 3.8) is 0 Å². The standard InChI is InChI=1S/C9H16N2O4.K/c12-9(13)8-10(14)6-4-2-1-3-5-7(6)11(8)15;/h6-8,14-15H,1-5H2,(H,12,13);/q;+1/p-1. The smallest absolute Gasteiger partial charge is 0.547 e. The van der Waals surface area contributed by atoms with Crippen molar-refractivity contribution in [2.24, 2.45) is 0 Å². The summed E-state index contributed by atoms with van der Waals surface area (Å²) in [7, 11) is 0. The van der Waals surface area contributed by atoms with Crippen LogP contribution in [-0.2, 0) is 4.79 Å². The second kappa shape index (κ2) is 6.21. The zero-order valence-corrected chi connectivity index (χ0v) is 12.5. The predicted molar refractivity (Wildman–Crippen MR) is 46.7 cm³/mol. The summed E-state index contributed by atoms with van der Waals surface area (Å²) in [5, 5.41) is 31.5. The molecule has 2 atom stereocenters. The SMILES string of the molecule is O=C([O-])C1N(O)C2CCCCCC2N1O.[K+]. The van der Waals surface area contributed by atoms with Gasteiger partial charge in [0.05, 0.1) is 18.1 Å². The van der Waals surface area contributed by atoms with Gasteiger partial charge in [-0.2, -0.15) is 10.1 Å². The third kappa shape index (κ3) is 2.68. The number of hydroxylamine groups is 4. The summed E-state index contributed by atoms with van der Waals surface area (Å²) in [6, 6.07) is -0.583. The minimum absolute atomic E-state index is 0. The molecule has 2 N–H and O–H groups in total. The molecular formula is C9H15KN2O4. The fourth-order valence-corrected chi connectivity index (χ4v) is 2.59. The minimum atomic E-state index is -1.46. The van der Waals surface area contributed by atoms with Crippen LogP contribution in [0.5, 0.6) is 0 Å². The number of nitrogens with zero attached hydrogens (tertiary/aromatic N) is 2. The van der Waals surface area contributed by atoms with E-state index in [-0.39, 0.29) is 63.5 Å². The third-order valence-corrected chi connectivity index (χ3v) is 3.34. The molecule has 0 bridgehead atoms. The van der Waals surface area contributed by atoms with Crippen molar-refractivity contribution in [3.8, 4) is 0 Å². The van der Waals surface area contributed by atoms with Crippen molar-refractivity contribution < 1.29 is 71.7 Å². The van der Waals surface area contributed by atoms with E-state index in [1.54, 1.807) is 0 Å². The molecule has 16 heavy (non-hydrogen) atoms. The Balaban J connectivity index is 0.00000128. The number of carbonyl (C=O) groups is 1. The molecule has 0 radical (unpaired) electrons. The van der Waals surface area contributed by atoms with E-state index in [2.05, 4.69) is 0 Å². The number of carboxylic acid groups (broad SMARTS) is 1. The van der Waals surface area contributed by atoms with Crippen LogP contribution in [0.25, 0.3) is 0 Å². The fourth-order valence-electron chi connectivity index (χ4n) is 2.59. The number of hydrogen-bond acceptors (Lipinski definition) is 6. The van der Waals surface area contributed by atoms with Gasteiger partial charge in [0, 0.05) is 0 Å². The first-order chi connectivity index (χ1) is 7.13. The van der Waals surface area contributed by atoms with Crippen LogP contribution < -0.4 is 56.5 Å². The molecule has 0 spiro atoms. The Morgan fingerprint density at radius 2 is 1.50 bits per heavy atom. The van der Waals surface area contributed by atoms with Crippen molar-refractivity contribution in [1.29, 1.82) is 0 Å². The Kier molecular flexibility index (Phi) is 5.83. The van der Waals surface area contributed by atoms with Crippen LogP contribution in [0.3, 0.4) is 0 Å². The molecule has 0 aromatic rings. The first-order valence-electron chi connectivity index (χ1n) is 5.28.